The van der Waals surface area contributed by atoms with E-state index in [1.165, 1.54) is 11.1 Å². The Morgan fingerprint density at radius 1 is 0.840 bits per heavy atom. The van der Waals surface area contributed by atoms with Crippen LogP contribution in [0.25, 0.3) is 0 Å². The van der Waals surface area contributed by atoms with Gasteiger partial charge in [-0.3, -0.25) is 4.90 Å². The van der Waals surface area contributed by atoms with Crippen molar-refractivity contribution in [1.82, 2.24) is 4.90 Å². The Morgan fingerprint density at radius 3 is 1.76 bits per heavy atom. The first-order chi connectivity index (χ1) is 11.9. The largest absolute Gasteiger partial charge is 0.473 e. The lowest BCUT2D eigenvalue weighted by Crippen LogP contribution is -2.26. The molecule has 134 valence electrons. The molecule has 0 bridgehead atoms. The second-order valence-electron chi connectivity index (χ2n) is 5.16. The predicted octanol–water partition coefficient (Wildman–Crippen LogP) is 2.49. The first kappa shape index (κ1) is 20.6. The fourth-order valence-electron chi connectivity index (χ4n) is 2.05. The summed E-state index contributed by atoms with van der Waals surface area (Å²) in [6.45, 7) is 2.48. The van der Waals surface area contributed by atoms with Gasteiger partial charge in [0.2, 0.25) is 0 Å². The number of aliphatic hydroxyl groups excluding tert-OH is 1. The Kier molecular flexibility index (Phi) is 9.24. The van der Waals surface area contributed by atoms with E-state index in [0.29, 0.717) is 6.54 Å². The zero-order valence-electron chi connectivity index (χ0n) is 13.5. The van der Waals surface area contributed by atoms with Crippen LogP contribution in [-0.4, -0.2) is 45.3 Å². The molecule has 2 aromatic rings. The van der Waals surface area contributed by atoms with Crippen LogP contribution in [0, 0.1) is 0 Å². The molecule has 3 N–H and O–H groups in total. The van der Waals surface area contributed by atoms with Crippen LogP contribution in [0.3, 0.4) is 0 Å². The molecule has 0 aliphatic rings. The van der Waals surface area contributed by atoms with Gasteiger partial charge in [0, 0.05) is 24.7 Å². The Morgan fingerprint density at radius 2 is 1.32 bits per heavy atom. The maximum atomic E-state index is 9.17. The van der Waals surface area contributed by atoms with Crippen molar-refractivity contribution >= 4 is 23.5 Å². The molecule has 0 unspecified atom stereocenters. The van der Waals surface area contributed by atoms with Gasteiger partial charge in [0.05, 0.1) is 6.61 Å². The van der Waals surface area contributed by atoms with Crippen LogP contribution in [0.4, 0.5) is 0 Å². The molecule has 0 radical (unpaired) electrons. The average Bonchev–Trinajstić information content (AvgIpc) is 2.58. The number of hydrogen-bond acceptors (Lipinski definition) is 4. The fourth-order valence-corrected chi connectivity index (χ4v) is 2.17. The molecule has 0 aromatic heterocycles. The van der Waals surface area contributed by atoms with Crippen molar-refractivity contribution in [2.24, 2.45) is 0 Å². The van der Waals surface area contributed by atoms with Crippen molar-refractivity contribution in [3.05, 3.63) is 70.7 Å². The van der Waals surface area contributed by atoms with E-state index < -0.39 is 11.9 Å². The molecule has 0 heterocycles. The average molecular weight is 366 g/mol. The van der Waals surface area contributed by atoms with E-state index >= 15 is 0 Å². The number of aliphatic carboxylic acids is 2. The first-order valence-electron chi connectivity index (χ1n) is 7.50. The molecule has 2 aromatic carbocycles. The van der Waals surface area contributed by atoms with Crippen molar-refractivity contribution < 1.29 is 24.9 Å². The van der Waals surface area contributed by atoms with Crippen LogP contribution in [0.5, 0.6) is 0 Å². The minimum absolute atomic E-state index is 0.167. The summed E-state index contributed by atoms with van der Waals surface area (Å²) < 4.78 is 0. The zero-order chi connectivity index (χ0) is 18.7. The van der Waals surface area contributed by atoms with Crippen molar-refractivity contribution in [2.75, 3.05) is 13.2 Å². The third kappa shape index (κ3) is 8.85. The summed E-state index contributed by atoms with van der Waals surface area (Å²) >= 11 is 5.89. The van der Waals surface area contributed by atoms with Crippen molar-refractivity contribution in [1.29, 1.82) is 0 Å². The lowest BCUT2D eigenvalue weighted by molar-refractivity contribution is -0.159. The molecule has 0 aliphatic carbocycles. The molecular weight excluding hydrogens is 346 g/mol. The summed E-state index contributed by atoms with van der Waals surface area (Å²) in [4.78, 5) is 20.4. The fraction of sp³-hybridized carbons (Fsp3) is 0.222. The molecule has 2 rings (SSSR count). The summed E-state index contributed by atoms with van der Waals surface area (Å²) in [6.07, 6.45) is 0. The number of aliphatic hydroxyl groups is 1. The molecule has 0 amide bonds. The van der Waals surface area contributed by atoms with Gasteiger partial charge < -0.3 is 15.3 Å². The van der Waals surface area contributed by atoms with E-state index in [-0.39, 0.29) is 6.61 Å². The number of benzene rings is 2. The Hall–Kier alpha value is -2.41. The smallest absolute Gasteiger partial charge is 0.414 e. The number of carbonyl (C=O) groups is 2. The Bertz CT molecular complexity index is 649. The van der Waals surface area contributed by atoms with Gasteiger partial charge in [-0.2, -0.15) is 0 Å². The number of halogens is 1. The molecule has 7 heteroatoms. The normalized spacial score (nSPS) is 10.0. The third-order valence-electron chi connectivity index (χ3n) is 3.17. The van der Waals surface area contributed by atoms with Crippen LogP contribution in [0.1, 0.15) is 11.1 Å². The molecule has 25 heavy (non-hydrogen) atoms. The van der Waals surface area contributed by atoms with Gasteiger partial charge in [0.15, 0.2) is 0 Å². The van der Waals surface area contributed by atoms with Gasteiger partial charge in [-0.1, -0.05) is 54.1 Å². The second-order valence-corrected chi connectivity index (χ2v) is 5.59. The summed E-state index contributed by atoms with van der Waals surface area (Å²) in [5, 5.41) is 24.7. The summed E-state index contributed by atoms with van der Waals surface area (Å²) in [5.41, 5.74) is 2.46. The molecule has 0 fully saturated rings. The molecule has 0 saturated heterocycles. The molecule has 6 nitrogen and oxygen atoms in total. The van der Waals surface area contributed by atoms with E-state index in [4.69, 9.17) is 31.4 Å². The minimum Gasteiger partial charge on any atom is -0.473 e. The van der Waals surface area contributed by atoms with E-state index in [2.05, 4.69) is 17.0 Å². The number of hydrogen-bond donors (Lipinski definition) is 3. The van der Waals surface area contributed by atoms with Crippen LogP contribution in [-0.2, 0) is 22.7 Å². The lowest BCUT2D eigenvalue weighted by Gasteiger charge is -2.21. The van der Waals surface area contributed by atoms with E-state index in [0.717, 1.165) is 18.1 Å². The van der Waals surface area contributed by atoms with Crippen molar-refractivity contribution in [2.45, 2.75) is 13.1 Å². The van der Waals surface area contributed by atoms with Crippen molar-refractivity contribution in [3.8, 4) is 0 Å². The van der Waals surface area contributed by atoms with Gasteiger partial charge >= 0.3 is 11.9 Å². The topological polar surface area (TPSA) is 98.1 Å². The number of nitrogens with zero attached hydrogens (tertiary/aromatic N) is 1. The summed E-state index contributed by atoms with van der Waals surface area (Å²) in [7, 11) is 0. The molecule has 0 saturated carbocycles. The van der Waals surface area contributed by atoms with Crippen LogP contribution < -0.4 is 0 Å². The van der Waals surface area contributed by atoms with Crippen LogP contribution in [0.2, 0.25) is 5.02 Å². The molecule has 0 aliphatic heterocycles. The quantitative estimate of drug-likeness (QED) is 0.680. The standard InChI is InChI=1S/C16H18ClNO.C2H2O4/c17-16-8-6-15(7-9-16)13-18(10-11-19)12-14-4-2-1-3-5-14;3-1(4)2(5)6/h1-9,19H,10-13H2;(H,3,4)(H,5,6). The number of rotatable bonds is 6. The minimum atomic E-state index is -1.82. The SMILES string of the molecule is O=C(O)C(=O)O.OCCN(Cc1ccccc1)Cc1ccc(Cl)cc1. The highest BCUT2D eigenvalue weighted by Crippen LogP contribution is 2.13. The first-order valence-corrected chi connectivity index (χ1v) is 7.88. The third-order valence-corrected chi connectivity index (χ3v) is 3.42. The zero-order valence-corrected chi connectivity index (χ0v) is 14.3. The van der Waals surface area contributed by atoms with E-state index in [1.807, 2.05) is 42.5 Å². The van der Waals surface area contributed by atoms with Gasteiger partial charge in [0.1, 0.15) is 0 Å². The molecule has 0 atom stereocenters. The Labute approximate surface area is 150 Å². The highest BCUT2D eigenvalue weighted by Gasteiger charge is 2.06. The number of carboxylic acids is 2. The summed E-state index contributed by atoms with van der Waals surface area (Å²) in [5.74, 6) is -3.65. The van der Waals surface area contributed by atoms with E-state index in [9.17, 15) is 5.11 Å². The van der Waals surface area contributed by atoms with Gasteiger partial charge in [-0.05, 0) is 23.3 Å². The predicted molar refractivity (Wildman–Crippen MR) is 94.4 cm³/mol. The highest BCUT2D eigenvalue weighted by molar-refractivity contribution is 6.30. The van der Waals surface area contributed by atoms with Gasteiger partial charge in [-0.15, -0.1) is 0 Å². The van der Waals surface area contributed by atoms with E-state index in [1.54, 1.807) is 0 Å². The monoisotopic (exact) mass is 365 g/mol. The van der Waals surface area contributed by atoms with Crippen molar-refractivity contribution in [3.63, 3.8) is 0 Å². The highest BCUT2D eigenvalue weighted by atomic mass is 35.5. The number of carboxylic acid groups (broad SMARTS) is 2. The summed E-state index contributed by atoms with van der Waals surface area (Å²) in [6, 6.07) is 18.1. The maximum Gasteiger partial charge on any atom is 0.414 e. The van der Waals surface area contributed by atoms with Gasteiger partial charge in [0.25, 0.3) is 0 Å². The maximum absolute atomic E-state index is 9.17. The Balaban J connectivity index is 0.000000450. The molecule has 0 spiro atoms. The second kappa shape index (κ2) is 11.2. The van der Waals surface area contributed by atoms with Crippen LogP contribution in [0.15, 0.2) is 54.6 Å². The molecular formula is C18H20ClNO5. The lowest BCUT2D eigenvalue weighted by atomic mass is 10.1. The van der Waals surface area contributed by atoms with Gasteiger partial charge in [-0.25, -0.2) is 9.59 Å². The van der Waals surface area contributed by atoms with Crippen LogP contribution >= 0.6 is 11.6 Å².